The molecule has 162 valence electrons. The largest absolute Gasteiger partial charge is 0.469 e. The molecule has 6 nitrogen and oxygen atoms in total. The van der Waals surface area contributed by atoms with E-state index < -0.39 is 5.60 Å². The number of carbonyl (C=O) groups is 3. The Hall–Kier alpha value is -1.69. The fourth-order valence-corrected chi connectivity index (χ4v) is 8.62. The fourth-order valence-electron chi connectivity index (χ4n) is 8.62. The molecular weight excluding hydrogens is 384 g/mol. The third-order valence-electron chi connectivity index (χ3n) is 10.1. The van der Waals surface area contributed by atoms with Crippen LogP contribution in [-0.2, 0) is 28.6 Å². The van der Waals surface area contributed by atoms with E-state index in [1.54, 1.807) is 6.08 Å². The number of fused-ring (bicyclic) bond motifs is 9. The summed E-state index contributed by atoms with van der Waals surface area (Å²) in [5.41, 5.74) is 0.262. The summed E-state index contributed by atoms with van der Waals surface area (Å²) < 4.78 is 17.7. The Balaban J connectivity index is 1.48. The first kappa shape index (κ1) is 19.0. The minimum absolute atomic E-state index is 0.0552. The Kier molecular flexibility index (Phi) is 3.65. The first-order chi connectivity index (χ1) is 14.2. The molecule has 0 radical (unpaired) electrons. The number of rotatable bonds is 1. The third-order valence-corrected chi connectivity index (χ3v) is 10.1. The molecule has 0 aromatic heterocycles. The van der Waals surface area contributed by atoms with Crippen molar-refractivity contribution < 1.29 is 28.6 Å². The van der Waals surface area contributed by atoms with E-state index in [0.717, 1.165) is 31.3 Å². The third kappa shape index (κ3) is 2.07. The van der Waals surface area contributed by atoms with Crippen molar-refractivity contribution in [1.82, 2.24) is 0 Å². The average Bonchev–Trinajstić information content (AvgIpc) is 3.35. The minimum Gasteiger partial charge on any atom is -0.469 e. The van der Waals surface area contributed by atoms with Crippen LogP contribution in [0.1, 0.15) is 58.8 Å². The SMILES string of the molecule is COC(=O)[C@@H]1CC2=CC(=O)CC[C@]2(C)C2C3O[C@@H]3[C@@]3(C)[C@@H](CC[C@@]34CCC(=O)O4)[C@@H]21. The number of esters is 2. The van der Waals surface area contributed by atoms with E-state index in [9.17, 15) is 14.4 Å². The van der Waals surface area contributed by atoms with E-state index in [2.05, 4.69) is 13.8 Å². The molecule has 6 heteroatoms. The van der Waals surface area contributed by atoms with Crippen LogP contribution in [0.2, 0.25) is 0 Å². The lowest BCUT2D eigenvalue weighted by molar-refractivity contribution is -0.172. The van der Waals surface area contributed by atoms with Crippen LogP contribution in [0.15, 0.2) is 11.6 Å². The fraction of sp³-hybridized carbons (Fsp3) is 0.792. The summed E-state index contributed by atoms with van der Waals surface area (Å²) in [6, 6.07) is 0. The van der Waals surface area contributed by atoms with E-state index in [-0.39, 0.29) is 64.4 Å². The molecule has 30 heavy (non-hydrogen) atoms. The molecule has 6 rings (SSSR count). The van der Waals surface area contributed by atoms with Crippen molar-refractivity contribution in [2.45, 2.75) is 76.6 Å². The molecule has 2 unspecified atom stereocenters. The summed E-state index contributed by atoms with van der Waals surface area (Å²) >= 11 is 0. The molecule has 4 aliphatic carbocycles. The number of carbonyl (C=O) groups excluding carboxylic acids is 3. The van der Waals surface area contributed by atoms with Crippen LogP contribution in [0.25, 0.3) is 0 Å². The summed E-state index contributed by atoms with van der Waals surface area (Å²) in [5, 5.41) is 0. The van der Waals surface area contributed by atoms with Crippen LogP contribution >= 0.6 is 0 Å². The van der Waals surface area contributed by atoms with Crippen molar-refractivity contribution in [1.29, 1.82) is 0 Å². The zero-order valence-corrected chi connectivity index (χ0v) is 17.9. The number of methoxy groups -OCH3 is 1. The second kappa shape index (κ2) is 5.76. The summed E-state index contributed by atoms with van der Waals surface area (Å²) in [6.07, 6.45) is 6.91. The van der Waals surface area contributed by atoms with Gasteiger partial charge in [0.25, 0.3) is 0 Å². The van der Waals surface area contributed by atoms with Gasteiger partial charge in [-0.1, -0.05) is 19.4 Å². The highest BCUT2D eigenvalue weighted by atomic mass is 16.6. The van der Waals surface area contributed by atoms with E-state index in [1.165, 1.54) is 7.11 Å². The Bertz CT molecular complexity index is 892. The van der Waals surface area contributed by atoms with Gasteiger partial charge in [-0.3, -0.25) is 14.4 Å². The molecule has 0 amide bonds. The van der Waals surface area contributed by atoms with Gasteiger partial charge in [0.05, 0.1) is 25.2 Å². The average molecular weight is 414 g/mol. The zero-order valence-electron chi connectivity index (χ0n) is 17.9. The summed E-state index contributed by atoms with van der Waals surface area (Å²) in [6.45, 7) is 4.52. The van der Waals surface area contributed by atoms with Gasteiger partial charge in [0.15, 0.2) is 5.78 Å². The van der Waals surface area contributed by atoms with Crippen molar-refractivity contribution in [2.24, 2.45) is 34.5 Å². The molecule has 0 aromatic carbocycles. The van der Waals surface area contributed by atoms with Crippen LogP contribution in [0.4, 0.5) is 0 Å². The van der Waals surface area contributed by atoms with Gasteiger partial charge in [-0.15, -0.1) is 0 Å². The van der Waals surface area contributed by atoms with Crippen molar-refractivity contribution in [3.8, 4) is 0 Å². The summed E-state index contributed by atoms with van der Waals surface area (Å²) in [7, 11) is 1.46. The second-order valence-corrected chi connectivity index (χ2v) is 10.9. The molecule has 5 fully saturated rings. The molecule has 6 aliphatic rings. The standard InChI is InChI=1S/C24H30O6/c1-22-7-4-13(25)10-12(22)11-14(21(27)28-3)17-15-5-8-24(9-6-16(26)30-24)23(15,2)20-19(29-20)18(17)22/h10,14-15,17-20H,4-9,11H2,1-3H3/t14-,15+,17+,18?,19?,20+,22+,23-,24-/m1/s1. The zero-order chi connectivity index (χ0) is 21.1. The number of ketones is 1. The topological polar surface area (TPSA) is 82.2 Å². The monoisotopic (exact) mass is 414 g/mol. The van der Waals surface area contributed by atoms with Crippen molar-refractivity contribution >= 4 is 17.7 Å². The lowest BCUT2D eigenvalue weighted by Gasteiger charge is -2.58. The quantitative estimate of drug-likeness (QED) is 0.485. The van der Waals surface area contributed by atoms with Gasteiger partial charge in [-0.25, -0.2) is 0 Å². The first-order valence-electron chi connectivity index (χ1n) is 11.4. The maximum atomic E-state index is 13.0. The lowest BCUT2D eigenvalue weighted by atomic mass is 9.44. The minimum atomic E-state index is -0.459. The highest BCUT2D eigenvalue weighted by Gasteiger charge is 2.79. The maximum absolute atomic E-state index is 13.0. The highest BCUT2D eigenvalue weighted by molar-refractivity contribution is 5.92. The molecule has 1 spiro atoms. The van der Waals surface area contributed by atoms with Gasteiger partial charge in [-0.05, 0) is 55.4 Å². The Labute approximate surface area is 176 Å². The van der Waals surface area contributed by atoms with Crippen LogP contribution in [0.5, 0.6) is 0 Å². The van der Waals surface area contributed by atoms with E-state index in [1.807, 2.05) is 0 Å². The van der Waals surface area contributed by atoms with Crippen LogP contribution in [0, 0.1) is 34.5 Å². The Morgan fingerprint density at radius 1 is 1.17 bits per heavy atom. The molecule has 2 saturated heterocycles. The highest BCUT2D eigenvalue weighted by Crippen LogP contribution is 2.75. The second-order valence-electron chi connectivity index (χ2n) is 10.9. The van der Waals surface area contributed by atoms with Gasteiger partial charge in [0.1, 0.15) is 5.60 Å². The maximum Gasteiger partial charge on any atom is 0.309 e. The molecular formula is C24H30O6. The molecule has 3 saturated carbocycles. The van der Waals surface area contributed by atoms with Gasteiger partial charge in [0.2, 0.25) is 0 Å². The predicted molar refractivity (Wildman–Crippen MR) is 105 cm³/mol. The molecule has 0 N–H and O–H groups in total. The molecule has 2 aliphatic heterocycles. The lowest BCUT2D eigenvalue weighted by Crippen LogP contribution is -2.61. The smallest absolute Gasteiger partial charge is 0.309 e. The number of epoxide rings is 1. The Morgan fingerprint density at radius 3 is 2.67 bits per heavy atom. The van der Waals surface area contributed by atoms with Gasteiger partial charge in [0, 0.05) is 24.2 Å². The molecule has 0 bridgehead atoms. The number of hydrogen-bond acceptors (Lipinski definition) is 6. The van der Waals surface area contributed by atoms with E-state index in [0.29, 0.717) is 19.3 Å². The van der Waals surface area contributed by atoms with E-state index >= 15 is 0 Å². The number of ether oxygens (including phenoxy) is 3. The predicted octanol–water partition coefficient (Wildman–Crippen LogP) is 2.98. The van der Waals surface area contributed by atoms with Crippen molar-refractivity contribution in [3.63, 3.8) is 0 Å². The van der Waals surface area contributed by atoms with E-state index in [4.69, 9.17) is 14.2 Å². The Morgan fingerprint density at radius 2 is 1.97 bits per heavy atom. The van der Waals surface area contributed by atoms with Gasteiger partial charge >= 0.3 is 11.9 Å². The van der Waals surface area contributed by atoms with Crippen molar-refractivity contribution in [2.75, 3.05) is 7.11 Å². The van der Waals surface area contributed by atoms with Gasteiger partial charge < -0.3 is 14.2 Å². The van der Waals surface area contributed by atoms with Crippen LogP contribution in [-0.4, -0.2) is 42.6 Å². The summed E-state index contributed by atoms with van der Waals surface area (Å²) in [4.78, 5) is 37.4. The molecule has 2 heterocycles. The van der Waals surface area contributed by atoms with Gasteiger partial charge in [-0.2, -0.15) is 0 Å². The molecule has 0 aromatic rings. The van der Waals surface area contributed by atoms with Crippen LogP contribution < -0.4 is 0 Å². The number of allylic oxidation sites excluding steroid dienone is 1. The normalized spacial score (nSPS) is 53.2. The number of hydrogen-bond donors (Lipinski definition) is 0. The van der Waals surface area contributed by atoms with Crippen molar-refractivity contribution in [3.05, 3.63) is 11.6 Å². The summed E-state index contributed by atoms with van der Waals surface area (Å²) in [5.74, 6) is 0.176. The van der Waals surface area contributed by atoms with Crippen LogP contribution in [0.3, 0.4) is 0 Å². The molecule has 9 atom stereocenters. The first-order valence-corrected chi connectivity index (χ1v) is 11.4.